The maximum absolute atomic E-state index is 12.0. The van der Waals surface area contributed by atoms with Gasteiger partial charge in [-0.1, -0.05) is 0 Å². The van der Waals surface area contributed by atoms with Crippen LogP contribution in [0.1, 0.15) is 22.5 Å². The van der Waals surface area contributed by atoms with Crippen molar-refractivity contribution in [3.63, 3.8) is 0 Å². The van der Waals surface area contributed by atoms with Crippen LogP contribution >= 0.6 is 37.2 Å². The number of piperazine rings is 1. The van der Waals surface area contributed by atoms with E-state index in [1.165, 1.54) is 6.26 Å². The van der Waals surface area contributed by atoms with Gasteiger partial charge in [0.25, 0.3) is 5.91 Å². The molecule has 1 aliphatic rings. The van der Waals surface area contributed by atoms with Crippen LogP contribution in [0.4, 0.5) is 5.95 Å². The number of carbonyl (C=O) groups is 1. The summed E-state index contributed by atoms with van der Waals surface area (Å²) in [5, 5.41) is 2.91. The Labute approximate surface area is 183 Å². The Morgan fingerprint density at radius 3 is 2.43 bits per heavy atom. The number of rotatable bonds is 7. The van der Waals surface area contributed by atoms with Crippen LogP contribution < -0.4 is 16.0 Å². The highest BCUT2D eigenvalue weighted by Gasteiger charge is 2.18. The van der Waals surface area contributed by atoms with Gasteiger partial charge in [0, 0.05) is 45.1 Å². The standard InChI is InChI=1S/C17H24N6O2.3ClH/c18-12-15-11-14(13-25-15)16(24)19-5-2-6-22-7-9-23(10-8-22)17-20-3-1-4-21-17;;;/h1,3-4,11,13H,2,5-10,12,18H2,(H,19,24);3*1H. The minimum absolute atomic E-state index is 0. The van der Waals surface area contributed by atoms with Gasteiger partial charge < -0.3 is 20.4 Å². The molecule has 0 radical (unpaired) electrons. The molecule has 1 fully saturated rings. The van der Waals surface area contributed by atoms with Gasteiger partial charge in [0.2, 0.25) is 5.95 Å². The molecule has 158 valence electrons. The van der Waals surface area contributed by atoms with E-state index in [1.807, 2.05) is 6.07 Å². The second-order valence-electron chi connectivity index (χ2n) is 5.99. The van der Waals surface area contributed by atoms with Crippen molar-refractivity contribution in [1.82, 2.24) is 20.2 Å². The second kappa shape index (κ2) is 13.6. The number of amides is 1. The van der Waals surface area contributed by atoms with Crippen LogP contribution in [0.15, 0.2) is 35.2 Å². The maximum Gasteiger partial charge on any atom is 0.254 e. The van der Waals surface area contributed by atoms with Gasteiger partial charge in [0.15, 0.2) is 0 Å². The highest BCUT2D eigenvalue weighted by Crippen LogP contribution is 2.10. The fourth-order valence-electron chi connectivity index (χ4n) is 2.84. The van der Waals surface area contributed by atoms with E-state index in [1.54, 1.807) is 18.5 Å². The van der Waals surface area contributed by atoms with Gasteiger partial charge in [0.1, 0.15) is 12.0 Å². The Hall–Kier alpha value is -1.58. The topological polar surface area (TPSA) is 101 Å². The van der Waals surface area contributed by atoms with Gasteiger partial charge in [-0.25, -0.2) is 9.97 Å². The lowest BCUT2D eigenvalue weighted by molar-refractivity contribution is 0.0951. The number of halogens is 3. The van der Waals surface area contributed by atoms with Crippen LogP contribution in [0.5, 0.6) is 0 Å². The minimum atomic E-state index is -0.116. The van der Waals surface area contributed by atoms with Crippen LogP contribution in [0.2, 0.25) is 0 Å². The minimum Gasteiger partial charge on any atom is -0.467 e. The van der Waals surface area contributed by atoms with Crippen LogP contribution in [-0.4, -0.2) is 60.0 Å². The van der Waals surface area contributed by atoms with E-state index in [-0.39, 0.29) is 43.1 Å². The normalized spacial score (nSPS) is 13.7. The van der Waals surface area contributed by atoms with Gasteiger partial charge >= 0.3 is 0 Å². The van der Waals surface area contributed by atoms with E-state index in [0.29, 0.717) is 24.4 Å². The monoisotopic (exact) mass is 452 g/mol. The van der Waals surface area contributed by atoms with Gasteiger partial charge in [-0.2, -0.15) is 0 Å². The van der Waals surface area contributed by atoms with Gasteiger partial charge in [0.05, 0.1) is 12.1 Å². The van der Waals surface area contributed by atoms with E-state index in [2.05, 4.69) is 25.1 Å². The number of nitrogens with zero attached hydrogens (tertiary/aromatic N) is 4. The number of carbonyl (C=O) groups excluding carboxylic acids is 1. The predicted octanol–water partition coefficient (Wildman–Crippen LogP) is 1.74. The Bertz CT molecular complexity index is 681. The Morgan fingerprint density at radius 2 is 1.82 bits per heavy atom. The highest BCUT2D eigenvalue weighted by molar-refractivity contribution is 5.93. The molecule has 0 unspecified atom stereocenters. The summed E-state index contributed by atoms with van der Waals surface area (Å²) < 4.78 is 5.17. The molecule has 1 aliphatic heterocycles. The van der Waals surface area contributed by atoms with Crippen molar-refractivity contribution >= 4 is 49.1 Å². The fourth-order valence-corrected chi connectivity index (χ4v) is 2.84. The summed E-state index contributed by atoms with van der Waals surface area (Å²) in [6.07, 6.45) is 5.90. The third-order valence-electron chi connectivity index (χ3n) is 4.26. The Balaban J connectivity index is 0.00000243. The first-order valence-electron chi connectivity index (χ1n) is 8.56. The van der Waals surface area contributed by atoms with E-state index in [0.717, 1.165) is 45.1 Å². The lowest BCUT2D eigenvalue weighted by Gasteiger charge is -2.34. The molecular weight excluding hydrogens is 427 g/mol. The average molecular weight is 454 g/mol. The molecule has 0 spiro atoms. The molecule has 0 atom stereocenters. The smallest absolute Gasteiger partial charge is 0.254 e. The average Bonchev–Trinajstić information content (AvgIpc) is 3.16. The molecule has 3 rings (SSSR count). The molecule has 11 heteroatoms. The lowest BCUT2D eigenvalue weighted by atomic mass is 10.2. The summed E-state index contributed by atoms with van der Waals surface area (Å²) in [6, 6.07) is 3.51. The number of anilines is 1. The molecule has 3 heterocycles. The molecular formula is C17H27Cl3N6O2. The highest BCUT2D eigenvalue weighted by atomic mass is 35.5. The van der Waals surface area contributed by atoms with Gasteiger partial charge in [-0.05, 0) is 25.1 Å². The number of nitrogens with one attached hydrogen (secondary N) is 1. The third kappa shape index (κ3) is 7.44. The van der Waals surface area contributed by atoms with E-state index >= 15 is 0 Å². The van der Waals surface area contributed by atoms with Crippen molar-refractivity contribution in [3.05, 3.63) is 42.1 Å². The Kier molecular flexibility index (Phi) is 12.8. The third-order valence-corrected chi connectivity index (χ3v) is 4.26. The van der Waals surface area contributed by atoms with Crippen molar-refractivity contribution in [2.45, 2.75) is 13.0 Å². The zero-order valence-electron chi connectivity index (χ0n) is 15.5. The molecule has 0 saturated carbocycles. The molecule has 1 saturated heterocycles. The largest absolute Gasteiger partial charge is 0.467 e. The van der Waals surface area contributed by atoms with E-state index in [4.69, 9.17) is 10.2 Å². The summed E-state index contributed by atoms with van der Waals surface area (Å²) in [6.45, 7) is 5.71. The summed E-state index contributed by atoms with van der Waals surface area (Å²) in [5.41, 5.74) is 6.00. The zero-order chi connectivity index (χ0) is 17.5. The number of hydrogen-bond donors (Lipinski definition) is 2. The molecule has 28 heavy (non-hydrogen) atoms. The van der Waals surface area contributed by atoms with Crippen LogP contribution in [0.3, 0.4) is 0 Å². The van der Waals surface area contributed by atoms with Crippen molar-refractivity contribution in [2.75, 3.05) is 44.2 Å². The SMILES string of the molecule is Cl.Cl.Cl.NCc1cc(C(=O)NCCCN2CCN(c3ncccn3)CC2)co1. The first-order valence-corrected chi connectivity index (χ1v) is 8.56. The number of nitrogens with two attached hydrogens (primary N) is 1. The van der Waals surface area contributed by atoms with E-state index < -0.39 is 0 Å². The molecule has 8 nitrogen and oxygen atoms in total. The summed E-state index contributed by atoms with van der Waals surface area (Å²) in [7, 11) is 0. The van der Waals surface area contributed by atoms with Crippen molar-refractivity contribution in [2.24, 2.45) is 5.73 Å². The predicted molar refractivity (Wildman–Crippen MR) is 116 cm³/mol. The molecule has 2 aromatic rings. The summed E-state index contributed by atoms with van der Waals surface area (Å²) >= 11 is 0. The van der Waals surface area contributed by atoms with Crippen LogP contribution in [0.25, 0.3) is 0 Å². The van der Waals surface area contributed by atoms with Gasteiger partial charge in [-0.3, -0.25) is 9.69 Å². The molecule has 0 bridgehead atoms. The Morgan fingerprint density at radius 1 is 1.14 bits per heavy atom. The maximum atomic E-state index is 12.0. The zero-order valence-corrected chi connectivity index (χ0v) is 17.9. The summed E-state index contributed by atoms with van der Waals surface area (Å²) in [5.74, 6) is 1.30. The second-order valence-corrected chi connectivity index (χ2v) is 5.99. The van der Waals surface area contributed by atoms with Crippen molar-refractivity contribution < 1.29 is 9.21 Å². The summed E-state index contributed by atoms with van der Waals surface area (Å²) in [4.78, 5) is 25.2. The van der Waals surface area contributed by atoms with Crippen molar-refractivity contribution in [3.8, 4) is 0 Å². The van der Waals surface area contributed by atoms with Crippen molar-refractivity contribution in [1.29, 1.82) is 0 Å². The fraction of sp³-hybridized carbons (Fsp3) is 0.471. The lowest BCUT2D eigenvalue weighted by Crippen LogP contribution is -2.47. The molecule has 0 aliphatic carbocycles. The number of hydrogen-bond acceptors (Lipinski definition) is 7. The van der Waals surface area contributed by atoms with E-state index in [9.17, 15) is 4.79 Å². The quantitative estimate of drug-likeness (QED) is 0.616. The number of aromatic nitrogens is 2. The van der Waals surface area contributed by atoms with Crippen LogP contribution in [0, 0.1) is 0 Å². The molecule has 0 aromatic carbocycles. The molecule has 2 aromatic heterocycles. The molecule has 1 amide bonds. The first kappa shape index (κ1) is 26.4. The number of furan rings is 1. The molecule has 3 N–H and O–H groups in total. The van der Waals surface area contributed by atoms with Gasteiger partial charge in [-0.15, -0.1) is 37.2 Å². The van der Waals surface area contributed by atoms with Crippen LogP contribution in [-0.2, 0) is 6.54 Å². The first-order chi connectivity index (χ1) is 12.3.